The molecule has 0 amide bonds. The van der Waals surface area contributed by atoms with Crippen LogP contribution in [-0.4, -0.2) is 6.54 Å². The predicted octanol–water partition coefficient (Wildman–Crippen LogP) is 5.36. The van der Waals surface area contributed by atoms with Crippen molar-refractivity contribution in [1.29, 1.82) is 0 Å². The fourth-order valence-corrected chi connectivity index (χ4v) is 4.04. The van der Waals surface area contributed by atoms with E-state index in [0.717, 1.165) is 17.4 Å². The van der Waals surface area contributed by atoms with Gasteiger partial charge in [-0.05, 0) is 50.6 Å². The number of rotatable bonds is 5. The number of hydrogen-bond acceptors (Lipinski definition) is 2. The Kier molecular flexibility index (Phi) is 5.35. The van der Waals surface area contributed by atoms with Gasteiger partial charge in [-0.15, -0.1) is 11.3 Å². The molecule has 2 aromatic rings. The highest BCUT2D eigenvalue weighted by atomic mass is 79.9. The Bertz CT molecular complexity index is 574. The Morgan fingerprint density at radius 3 is 2.65 bits per heavy atom. The fraction of sp³-hybridized carbons (Fsp3) is 0.375. The summed E-state index contributed by atoms with van der Waals surface area (Å²) in [6, 6.07) is 7.22. The molecule has 1 atom stereocenters. The van der Waals surface area contributed by atoms with Crippen molar-refractivity contribution < 1.29 is 4.39 Å². The molecule has 2 rings (SSSR count). The highest BCUT2D eigenvalue weighted by Gasteiger charge is 2.23. The molecule has 0 aliphatic carbocycles. The summed E-state index contributed by atoms with van der Waals surface area (Å²) < 4.78 is 15.1. The van der Waals surface area contributed by atoms with Crippen molar-refractivity contribution in [2.75, 3.05) is 6.54 Å². The second kappa shape index (κ2) is 6.83. The molecular weight excluding hydrogens is 337 g/mol. The topological polar surface area (TPSA) is 12.0 Å². The maximum Gasteiger partial charge on any atom is 0.129 e. The van der Waals surface area contributed by atoms with Crippen molar-refractivity contribution in [3.8, 4) is 0 Å². The van der Waals surface area contributed by atoms with E-state index >= 15 is 0 Å². The van der Waals surface area contributed by atoms with Crippen LogP contribution >= 0.6 is 27.3 Å². The highest BCUT2D eigenvalue weighted by molar-refractivity contribution is 9.10. The van der Waals surface area contributed by atoms with Gasteiger partial charge in [-0.2, -0.15) is 0 Å². The monoisotopic (exact) mass is 355 g/mol. The Hall–Kier alpha value is -0.710. The van der Waals surface area contributed by atoms with Crippen molar-refractivity contribution in [3.63, 3.8) is 0 Å². The first-order valence-electron chi connectivity index (χ1n) is 6.78. The second-order valence-electron chi connectivity index (χ2n) is 4.93. The Morgan fingerprint density at radius 1 is 1.35 bits per heavy atom. The maximum absolute atomic E-state index is 14.3. The van der Waals surface area contributed by atoms with E-state index in [-0.39, 0.29) is 11.9 Å². The zero-order valence-electron chi connectivity index (χ0n) is 12.0. The molecule has 1 aromatic carbocycles. The minimum atomic E-state index is -0.168. The summed E-state index contributed by atoms with van der Waals surface area (Å²) >= 11 is 5.23. The van der Waals surface area contributed by atoms with Crippen LogP contribution in [0.4, 0.5) is 4.39 Å². The van der Waals surface area contributed by atoms with Crippen LogP contribution in [0.2, 0.25) is 0 Å². The fourth-order valence-electron chi connectivity index (χ4n) is 2.35. The zero-order chi connectivity index (χ0) is 14.7. The normalized spacial score (nSPS) is 12.7. The molecule has 0 aliphatic heterocycles. The smallest absolute Gasteiger partial charge is 0.129 e. The number of nitrogens with one attached hydrogen (secondary N) is 1. The van der Waals surface area contributed by atoms with E-state index in [1.165, 1.54) is 21.4 Å². The third-order valence-corrected chi connectivity index (χ3v) is 5.14. The average Bonchev–Trinajstić information content (AvgIpc) is 2.72. The molecular formula is C16H19BrFNS. The predicted molar refractivity (Wildman–Crippen MR) is 88.0 cm³/mol. The summed E-state index contributed by atoms with van der Waals surface area (Å²) in [5.74, 6) is -0.168. The minimum Gasteiger partial charge on any atom is -0.305 e. The number of halogens is 2. The molecule has 0 bridgehead atoms. The molecule has 1 aromatic heterocycles. The number of thiophene rings is 1. The minimum absolute atomic E-state index is 0.0933. The summed E-state index contributed by atoms with van der Waals surface area (Å²) in [5, 5.41) is 3.48. The first kappa shape index (κ1) is 15.7. The molecule has 1 heterocycles. The van der Waals surface area contributed by atoms with Gasteiger partial charge >= 0.3 is 0 Å². The van der Waals surface area contributed by atoms with E-state index in [1.807, 2.05) is 6.07 Å². The van der Waals surface area contributed by atoms with Gasteiger partial charge in [0.05, 0.1) is 6.04 Å². The van der Waals surface area contributed by atoms with E-state index < -0.39 is 0 Å². The quantitative estimate of drug-likeness (QED) is 0.761. The third kappa shape index (κ3) is 3.30. The van der Waals surface area contributed by atoms with Gasteiger partial charge in [-0.25, -0.2) is 4.39 Å². The van der Waals surface area contributed by atoms with E-state index in [9.17, 15) is 4.39 Å². The molecule has 0 aliphatic rings. The van der Waals surface area contributed by atoms with Crippen LogP contribution < -0.4 is 5.32 Å². The van der Waals surface area contributed by atoms with Crippen molar-refractivity contribution in [3.05, 3.63) is 55.4 Å². The molecule has 4 heteroatoms. The third-order valence-electron chi connectivity index (χ3n) is 3.23. The first-order chi connectivity index (χ1) is 9.54. The molecule has 0 fully saturated rings. The summed E-state index contributed by atoms with van der Waals surface area (Å²) in [5.41, 5.74) is 1.92. The summed E-state index contributed by atoms with van der Waals surface area (Å²) in [4.78, 5) is 2.45. The van der Waals surface area contributed by atoms with Crippen molar-refractivity contribution in [2.45, 2.75) is 33.2 Å². The van der Waals surface area contributed by atoms with Gasteiger partial charge in [0.2, 0.25) is 0 Å². The van der Waals surface area contributed by atoms with E-state index in [2.05, 4.69) is 48.1 Å². The van der Waals surface area contributed by atoms with Crippen LogP contribution in [0.3, 0.4) is 0 Å². The van der Waals surface area contributed by atoms with Crippen LogP contribution in [0.5, 0.6) is 0 Å². The van der Waals surface area contributed by atoms with Crippen molar-refractivity contribution in [2.24, 2.45) is 0 Å². The molecule has 1 N–H and O–H groups in total. The molecule has 1 nitrogen and oxygen atoms in total. The number of hydrogen-bond donors (Lipinski definition) is 1. The van der Waals surface area contributed by atoms with Gasteiger partial charge in [0, 0.05) is 19.8 Å². The Labute approximate surface area is 132 Å². The first-order valence-corrected chi connectivity index (χ1v) is 8.39. The molecule has 1 unspecified atom stereocenters. The van der Waals surface area contributed by atoms with Crippen molar-refractivity contribution >= 4 is 27.3 Å². The van der Waals surface area contributed by atoms with E-state index in [0.29, 0.717) is 5.56 Å². The number of aryl methyl sites for hydroxylation is 2. The van der Waals surface area contributed by atoms with Crippen LogP contribution in [-0.2, 0) is 0 Å². The highest BCUT2D eigenvalue weighted by Crippen LogP contribution is 2.36. The maximum atomic E-state index is 14.3. The lowest BCUT2D eigenvalue weighted by atomic mass is 10.0. The lowest BCUT2D eigenvalue weighted by molar-refractivity contribution is 0.548. The van der Waals surface area contributed by atoms with Gasteiger partial charge in [0.25, 0.3) is 0 Å². The molecule has 0 saturated heterocycles. The standard InChI is InChI=1S/C16H19BrFNS/c1-4-8-19-15(16-10(2)9-11(3)20-16)14-12(17)6-5-7-13(14)18/h5-7,9,15,19H,4,8H2,1-3H3. The molecule has 0 saturated carbocycles. The zero-order valence-corrected chi connectivity index (χ0v) is 14.4. The summed E-state index contributed by atoms with van der Waals surface area (Å²) in [6.45, 7) is 7.16. The molecule has 0 radical (unpaired) electrons. The lowest BCUT2D eigenvalue weighted by Crippen LogP contribution is -2.24. The average molecular weight is 356 g/mol. The SMILES string of the molecule is CCCNC(c1sc(C)cc1C)c1c(F)cccc1Br. The van der Waals surface area contributed by atoms with Crippen LogP contribution in [0.25, 0.3) is 0 Å². The summed E-state index contributed by atoms with van der Waals surface area (Å²) in [7, 11) is 0. The van der Waals surface area contributed by atoms with Gasteiger partial charge in [0.15, 0.2) is 0 Å². The van der Waals surface area contributed by atoms with E-state index in [4.69, 9.17) is 0 Å². The van der Waals surface area contributed by atoms with Crippen LogP contribution in [0, 0.1) is 19.7 Å². The van der Waals surface area contributed by atoms with E-state index in [1.54, 1.807) is 17.4 Å². The summed E-state index contributed by atoms with van der Waals surface area (Å²) in [6.07, 6.45) is 1.02. The molecule has 0 spiro atoms. The largest absolute Gasteiger partial charge is 0.305 e. The van der Waals surface area contributed by atoms with Crippen molar-refractivity contribution in [1.82, 2.24) is 5.32 Å². The lowest BCUT2D eigenvalue weighted by Gasteiger charge is -2.21. The Balaban J connectivity index is 2.50. The van der Waals surface area contributed by atoms with Crippen LogP contribution in [0.1, 0.15) is 40.3 Å². The number of benzene rings is 1. The molecule has 20 heavy (non-hydrogen) atoms. The van der Waals surface area contributed by atoms with Gasteiger partial charge in [-0.1, -0.05) is 28.9 Å². The molecule has 108 valence electrons. The Morgan fingerprint density at radius 2 is 2.10 bits per heavy atom. The van der Waals surface area contributed by atoms with Gasteiger partial charge in [-0.3, -0.25) is 0 Å². The van der Waals surface area contributed by atoms with Crippen LogP contribution in [0.15, 0.2) is 28.7 Å². The van der Waals surface area contributed by atoms with Gasteiger partial charge in [0.1, 0.15) is 5.82 Å². The van der Waals surface area contributed by atoms with Gasteiger partial charge < -0.3 is 5.32 Å². The second-order valence-corrected chi connectivity index (χ2v) is 7.07.